The fourth-order valence-corrected chi connectivity index (χ4v) is 6.37. The standard InChI is InChI=1S/C30H45F5N4O4Si/c1-17(43-18(2)30(33,34)35)26(36)28-38-23-12-19(6-9-24(23)39(28)16-41-10-11-44(3,4)5)22(15-42-21-7-8-21)25(27(37)40)20-13-29(31,32)14-20/h6,9,12,17-18,20-22,25-26H,7-8,10-11,13-16,36H2,1-5H3,(H2,37,40)/t17-,18-,22-,25?,26+/m1/s1. The molecule has 1 unspecified atom stereocenters. The molecule has 2 saturated carbocycles. The third-order valence-electron chi connectivity index (χ3n) is 8.56. The van der Waals surface area contributed by atoms with Crippen LogP contribution in [-0.4, -0.2) is 67.2 Å². The number of fused-ring (bicyclic) bond motifs is 1. The zero-order valence-corrected chi connectivity index (χ0v) is 27.0. The molecule has 0 saturated heterocycles. The Kier molecular flexibility index (Phi) is 10.5. The zero-order valence-electron chi connectivity index (χ0n) is 26.0. The fourth-order valence-electron chi connectivity index (χ4n) is 5.62. The molecule has 8 nitrogen and oxygen atoms in total. The molecule has 5 atom stereocenters. The van der Waals surface area contributed by atoms with Crippen molar-refractivity contribution in [2.45, 2.75) is 114 Å². The van der Waals surface area contributed by atoms with Gasteiger partial charge in [0.15, 0.2) is 6.10 Å². The number of carbonyl (C=O) groups is 1. The summed E-state index contributed by atoms with van der Waals surface area (Å²) in [5.41, 5.74) is 14.0. The normalized spacial score (nSPS) is 21.1. The molecule has 248 valence electrons. The van der Waals surface area contributed by atoms with Crippen molar-refractivity contribution in [2.75, 3.05) is 13.2 Å². The van der Waals surface area contributed by atoms with Crippen molar-refractivity contribution in [3.05, 3.63) is 29.6 Å². The first-order valence-corrected chi connectivity index (χ1v) is 18.9. The van der Waals surface area contributed by atoms with Crippen LogP contribution in [0.1, 0.15) is 62.9 Å². The van der Waals surface area contributed by atoms with Crippen LogP contribution >= 0.6 is 0 Å². The highest BCUT2D eigenvalue weighted by atomic mass is 28.3. The summed E-state index contributed by atoms with van der Waals surface area (Å²) in [5.74, 6) is -5.24. The fraction of sp³-hybridized carbons (Fsp3) is 0.733. The van der Waals surface area contributed by atoms with E-state index in [-0.39, 0.29) is 25.3 Å². The van der Waals surface area contributed by atoms with Crippen molar-refractivity contribution in [3.8, 4) is 0 Å². The van der Waals surface area contributed by atoms with Gasteiger partial charge in [-0.3, -0.25) is 4.79 Å². The number of primary amides is 1. The van der Waals surface area contributed by atoms with Crippen LogP contribution in [0, 0.1) is 11.8 Å². The van der Waals surface area contributed by atoms with Crippen molar-refractivity contribution >= 4 is 25.0 Å². The summed E-state index contributed by atoms with van der Waals surface area (Å²) in [5, 5.41) is 0. The molecule has 2 aromatic rings. The van der Waals surface area contributed by atoms with Gasteiger partial charge in [0.25, 0.3) is 0 Å². The van der Waals surface area contributed by atoms with Gasteiger partial charge in [0.2, 0.25) is 11.8 Å². The maximum absolute atomic E-state index is 13.8. The molecule has 1 heterocycles. The Hall–Kier alpha value is -2.13. The molecule has 0 bridgehead atoms. The summed E-state index contributed by atoms with van der Waals surface area (Å²) in [7, 11) is -1.39. The lowest BCUT2D eigenvalue weighted by Crippen LogP contribution is -2.47. The lowest BCUT2D eigenvalue weighted by atomic mass is 9.67. The van der Waals surface area contributed by atoms with E-state index in [0.717, 1.165) is 25.8 Å². The average molecular weight is 649 g/mol. The van der Waals surface area contributed by atoms with E-state index in [9.17, 15) is 26.7 Å². The van der Waals surface area contributed by atoms with E-state index in [0.29, 0.717) is 23.2 Å². The molecule has 4 rings (SSSR count). The number of hydrogen-bond donors (Lipinski definition) is 2. The van der Waals surface area contributed by atoms with Crippen molar-refractivity contribution in [1.82, 2.24) is 9.55 Å². The number of halogens is 5. The molecule has 2 aliphatic rings. The highest BCUT2D eigenvalue weighted by molar-refractivity contribution is 6.76. The number of aromatic nitrogens is 2. The summed E-state index contributed by atoms with van der Waals surface area (Å²) in [6.45, 7) is 9.76. The number of nitrogens with two attached hydrogens (primary N) is 2. The first-order chi connectivity index (χ1) is 20.4. The van der Waals surface area contributed by atoms with Crippen LogP contribution in [0.2, 0.25) is 25.7 Å². The molecule has 44 heavy (non-hydrogen) atoms. The minimum Gasteiger partial charge on any atom is -0.378 e. The second-order valence-electron chi connectivity index (χ2n) is 13.6. The molecular weight excluding hydrogens is 603 g/mol. The molecule has 1 amide bonds. The number of carbonyl (C=O) groups excluding carboxylic acids is 1. The van der Waals surface area contributed by atoms with Crippen molar-refractivity contribution in [2.24, 2.45) is 23.3 Å². The van der Waals surface area contributed by atoms with Crippen molar-refractivity contribution in [1.29, 1.82) is 0 Å². The molecule has 1 aromatic heterocycles. The van der Waals surface area contributed by atoms with E-state index in [4.69, 9.17) is 30.7 Å². The van der Waals surface area contributed by atoms with Crippen LogP contribution in [-0.2, 0) is 25.7 Å². The van der Waals surface area contributed by atoms with Gasteiger partial charge < -0.3 is 30.2 Å². The van der Waals surface area contributed by atoms with Crippen molar-refractivity contribution in [3.63, 3.8) is 0 Å². The first kappa shape index (κ1) is 34.7. The Bertz CT molecular complexity index is 1290. The van der Waals surface area contributed by atoms with Gasteiger partial charge in [0.1, 0.15) is 12.6 Å². The quantitative estimate of drug-likeness (QED) is 0.129. The summed E-state index contributed by atoms with van der Waals surface area (Å²) in [6, 6.07) is 5.20. The van der Waals surface area contributed by atoms with Gasteiger partial charge in [0.05, 0.1) is 41.8 Å². The molecule has 1 aromatic carbocycles. The van der Waals surface area contributed by atoms with E-state index >= 15 is 0 Å². The number of hydrogen-bond acceptors (Lipinski definition) is 6. The molecule has 2 aliphatic carbocycles. The Labute approximate surface area is 256 Å². The lowest BCUT2D eigenvalue weighted by Gasteiger charge is -2.41. The van der Waals surface area contributed by atoms with Gasteiger partial charge >= 0.3 is 6.18 Å². The van der Waals surface area contributed by atoms with E-state index in [1.165, 1.54) is 6.92 Å². The van der Waals surface area contributed by atoms with Crippen LogP contribution in [0.15, 0.2) is 18.2 Å². The predicted molar refractivity (Wildman–Crippen MR) is 159 cm³/mol. The van der Waals surface area contributed by atoms with Crippen LogP contribution < -0.4 is 11.5 Å². The molecule has 14 heteroatoms. The predicted octanol–water partition coefficient (Wildman–Crippen LogP) is 6.11. The monoisotopic (exact) mass is 648 g/mol. The lowest BCUT2D eigenvalue weighted by molar-refractivity contribution is -0.227. The third kappa shape index (κ3) is 8.77. The van der Waals surface area contributed by atoms with E-state index in [1.807, 2.05) is 0 Å². The number of imidazole rings is 1. The highest BCUT2D eigenvalue weighted by Crippen LogP contribution is 2.50. The van der Waals surface area contributed by atoms with E-state index < -0.39 is 74.9 Å². The van der Waals surface area contributed by atoms with E-state index in [1.54, 1.807) is 22.8 Å². The molecule has 4 N–H and O–H groups in total. The molecule has 0 aliphatic heterocycles. The smallest absolute Gasteiger partial charge is 0.378 e. The van der Waals surface area contributed by atoms with Gasteiger partial charge in [-0.15, -0.1) is 0 Å². The number of rotatable bonds is 16. The number of amides is 1. The SMILES string of the molecule is C[C@@H](O[C@H](C)C(F)(F)F)[C@H](N)c1nc2cc([C@@H](COC3CC3)C(C(N)=O)C3CC(F)(F)C3)ccc2n1COCC[Si](C)(C)C. The molecule has 2 fully saturated rings. The minimum absolute atomic E-state index is 0.0651. The second kappa shape index (κ2) is 13.3. The van der Waals surface area contributed by atoms with Crippen LogP contribution in [0.5, 0.6) is 0 Å². The number of nitrogens with zero attached hydrogens (tertiary/aromatic N) is 2. The highest BCUT2D eigenvalue weighted by Gasteiger charge is 2.52. The van der Waals surface area contributed by atoms with Gasteiger partial charge in [-0.2, -0.15) is 13.2 Å². The second-order valence-corrected chi connectivity index (χ2v) is 19.3. The molecule has 0 spiro atoms. The number of alkyl halides is 5. The van der Waals surface area contributed by atoms with Gasteiger partial charge in [-0.05, 0) is 56.3 Å². The Morgan fingerprint density at radius 3 is 2.39 bits per heavy atom. The van der Waals surface area contributed by atoms with Gasteiger partial charge in [-0.1, -0.05) is 25.7 Å². The third-order valence-corrected chi connectivity index (χ3v) is 10.3. The topological polar surface area (TPSA) is 115 Å². The maximum atomic E-state index is 13.8. The Morgan fingerprint density at radius 1 is 1.18 bits per heavy atom. The first-order valence-electron chi connectivity index (χ1n) is 15.2. The number of benzene rings is 1. The van der Waals surface area contributed by atoms with Crippen molar-refractivity contribution < 1.29 is 41.0 Å². The molecule has 0 radical (unpaired) electrons. The maximum Gasteiger partial charge on any atom is 0.414 e. The number of ether oxygens (including phenoxy) is 3. The largest absolute Gasteiger partial charge is 0.414 e. The summed E-state index contributed by atoms with van der Waals surface area (Å²) in [4.78, 5) is 17.4. The van der Waals surface area contributed by atoms with Crippen LogP contribution in [0.25, 0.3) is 11.0 Å². The van der Waals surface area contributed by atoms with Gasteiger partial charge in [-0.25, -0.2) is 13.8 Å². The zero-order chi connectivity index (χ0) is 32.6. The average Bonchev–Trinajstić information content (AvgIpc) is 3.65. The molecular formula is C30H45F5N4O4Si. The Morgan fingerprint density at radius 2 is 1.84 bits per heavy atom. The minimum atomic E-state index is -4.55. The summed E-state index contributed by atoms with van der Waals surface area (Å²) in [6.07, 6.45) is -6.60. The Balaban J connectivity index is 1.68. The van der Waals surface area contributed by atoms with Gasteiger partial charge in [0, 0.05) is 33.4 Å². The summed E-state index contributed by atoms with van der Waals surface area (Å²) < 4.78 is 86.3. The van der Waals surface area contributed by atoms with E-state index in [2.05, 4.69) is 19.6 Å². The van der Waals surface area contributed by atoms with Crippen LogP contribution in [0.4, 0.5) is 22.0 Å². The summed E-state index contributed by atoms with van der Waals surface area (Å²) >= 11 is 0. The van der Waals surface area contributed by atoms with Crippen LogP contribution in [0.3, 0.4) is 0 Å².